The zero-order valence-corrected chi connectivity index (χ0v) is 9.01. The summed E-state index contributed by atoms with van der Waals surface area (Å²) in [6.45, 7) is 0. The number of carboxylic acids is 1. The molecule has 1 aromatic rings. The van der Waals surface area contributed by atoms with Crippen molar-refractivity contribution in [2.75, 3.05) is 5.75 Å². The maximum Gasteiger partial charge on any atom is 0.304 e. The third-order valence-corrected chi connectivity index (χ3v) is 2.69. The highest BCUT2D eigenvalue weighted by molar-refractivity contribution is 7.98. The number of carbonyl (C=O) groups is 1. The van der Waals surface area contributed by atoms with Crippen molar-refractivity contribution in [3.8, 4) is 0 Å². The summed E-state index contributed by atoms with van der Waals surface area (Å²) in [5.41, 5.74) is 0.882. The van der Waals surface area contributed by atoms with Gasteiger partial charge in [-0.1, -0.05) is 17.7 Å². The van der Waals surface area contributed by atoms with Crippen LogP contribution in [0.25, 0.3) is 0 Å². The Bertz CT molecular complexity index is 319. The molecule has 0 saturated carbocycles. The van der Waals surface area contributed by atoms with Crippen LogP contribution in [0.3, 0.4) is 0 Å². The number of hydrogen-bond acceptors (Lipinski definition) is 3. The molecule has 0 aliphatic carbocycles. The van der Waals surface area contributed by atoms with Crippen molar-refractivity contribution in [1.29, 1.82) is 0 Å². The highest BCUT2D eigenvalue weighted by atomic mass is 35.5. The fraction of sp³-hybridized carbons (Fsp3) is 0.333. The topological polar surface area (TPSA) is 50.2 Å². The Morgan fingerprint density at radius 2 is 2.36 bits per heavy atom. The third-order valence-electron chi connectivity index (χ3n) is 1.48. The van der Waals surface area contributed by atoms with Gasteiger partial charge in [-0.2, -0.15) is 11.8 Å². The van der Waals surface area contributed by atoms with Crippen molar-refractivity contribution >= 4 is 29.3 Å². The van der Waals surface area contributed by atoms with Gasteiger partial charge in [-0.25, -0.2) is 4.98 Å². The molecule has 1 rings (SSSR count). The molecule has 0 atom stereocenters. The Morgan fingerprint density at radius 3 is 3.00 bits per heavy atom. The van der Waals surface area contributed by atoms with Crippen LogP contribution < -0.4 is 0 Å². The van der Waals surface area contributed by atoms with Crippen LogP contribution in [0, 0.1) is 0 Å². The number of aliphatic carboxylic acids is 1. The number of halogens is 1. The molecule has 0 radical (unpaired) electrons. The number of nitrogens with zero attached hydrogens (tertiary/aromatic N) is 1. The Balaban J connectivity index is 2.28. The van der Waals surface area contributed by atoms with Crippen molar-refractivity contribution in [3.63, 3.8) is 0 Å². The highest BCUT2D eigenvalue weighted by Crippen LogP contribution is 2.13. The minimum absolute atomic E-state index is 0.186. The minimum Gasteiger partial charge on any atom is -0.481 e. The Hall–Kier alpha value is -0.740. The quantitative estimate of drug-likeness (QED) is 0.625. The second-order valence-corrected chi connectivity index (χ2v) is 4.14. The van der Waals surface area contributed by atoms with E-state index in [0.717, 1.165) is 5.69 Å². The number of aromatic nitrogens is 1. The summed E-state index contributed by atoms with van der Waals surface area (Å²) in [5, 5.41) is 8.88. The molecule has 0 unspecified atom stereocenters. The van der Waals surface area contributed by atoms with Crippen LogP contribution in [0.5, 0.6) is 0 Å². The van der Waals surface area contributed by atoms with E-state index in [2.05, 4.69) is 4.98 Å². The second-order valence-electron chi connectivity index (χ2n) is 2.65. The fourth-order valence-corrected chi connectivity index (χ4v) is 1.88. The van der Waals surface area contributed by atoms with Crippen LogP contribution in [-0.4, -0.2) is 21.8 Å². The molecule has 0 aromatic carbocycles. The van der Waals surface area contributed by atoms with Crippen molar-refractivity contribution in [1.82, 2.24) is 4.98 Å². The molecular formula is C9H10ClNO2S. The van der Waals surface area contributed by atoms with Gasteiger partial charge in [-0.05, 0) is 12.1 Å². The normalized spacial score (nSPS) is 10.1. The van der Waals surface area contributed by atoms with Crippen molar-refractivity contribution in [3.05, 3.63) is 29.0 Å². The second kappa shape index (κ2) is 5.88. The molecule has 1 heterocycles. The molecule has 76 valence electrons. The molecule has 0 aliphatic heterocycles. The fourth-order valence-electron chi connectivity index (χ4n) is 0.867. The van der Waals surface area contributed by atoms with Crippen LogP contribution in [0.4, 0.5) is 0 Å². The zero-order valence-electron chi connectivity index (χ0n) is 7.44. The SMILES string of the molecule is O=C(O)CCSCc1cccc(Cl)n1. The molecule has 0 bridgehead atoms. The van der Waals surface area contributed by atoms with Crippen LogP contribution in [-0.2, 0) is 10.5 Å². The molecule has 5 heteroatoms. The van der Waals surface area contributed by atoms with E-state index in [1.807, 2.05) is 12.1 Å². The Kier molecular flexibility index (Phi) is 4.76. The number of carboxylic acid groups (broad SMARTS) is 1. The first-order chi connectivity index (χ1) is 6.68. The minimum atomic E-state index is -0.767. The molecule has 0 amide bonds. The molecule has 14 heavy (non-hydrogen) atoms. The van der Waals surface area contributed by atoms with Gasteiger partial charge in [0.25, 0.3) is 0 Å². The summed E-state index contributed by atoms with van der Waals surface area (Å²) in [7, 11) is 0. The lowest BCUT2D eigenvalue weighted by atomic mass is 10.4. The number of rotatable bonds is 5. The Labute approximate surface area is 91.5 Å². The highest BCUT2D eigenvalue weighted by Gasteiger charge is 1.99. The van der Waals surface area contributed by atoms with E-state index in [0.29, 0.717) is 16.7 Å². The van der Waals surface area contributed by atoms with Crippen molar-refractivity contribution < 1.29 is 9.90 Å². The van der Waals surface area contributed by atoms with Crippen molar-refractivity contribution in [2.24, 2.45) is 0 Å². The van der Waals surface area contributed by atoms with E-state index >= 15 is 0 Å². The van der Waals surface area contributed by atoms with Gasteiger partial charge in [0.1, 0.15) is 5.15 Å². The van der Waals surface area contributed by atoms with Gasteiger partial charge in [-0.15, -0.1) is 0 Å². The molecule has 1 N–H and O–H groups in total. The smallest absolute Gasteiger partial charge is 0.304 e. The lowest BCUT2D eigenvalue weighted by Crippen LogP contribution is -1.96. The van der Waals surface area contributed by atoms with Gasteiger partial charge in [-0.3, -0.25) is 4.79 Å². The van der Waals surface area contributed by atoms with E-state index in [1.54, 1.807) is 17.8 Å². The molecule has 1 aromatic heterocycles. The molecular weight excluding hydrogens is 222 g/mol. The number of hydrogen-bond donors (Lipinski definition) is 1. The van der Waals surface area contributed by atoms with Crippen LogP contribution in [0.1, 0.15) is 12.1 Å². The molecule has 0 fully saturated rings. The predicted octanol–water partition coefficient (Wildman–Crippen LogP) is 2.44. The van der Waals surface area contributed by atoms with E-state index in [4.69, 9.17) is 16.7 Å². The first-order valence-electron chi connectivity index (χ1n) is 4.09. The summed E-state index contributed by atoms with van der Waals surface area (Å²) in [5.74, 6) is 0.536. The first kappa shape index (κ1) is 11.3. The first-order valence-corrected chi connectivity index (χ1v) is 5.63. The lowest BCUT2D eigenvalue weighted by molar-refractivity contribution is -0.136. The maximum absolute atomic E-state index is 10.2. The van der Waals surface area contributed by atoms with E-state index in [1.165, 1.54) is 0 Å². The summed E-state index contributed by atoms with van der Waals surface area (Å²) in [6, 6.07) is 5.43. The average Bonchev–Trinajstić information content (AvgIpc) is 2.12. The monoisotopic (exact) mass is 231 g/mol. The summed E-state index contributed by atoms with van der Waals surface area (Å²) < 4.78 is 0. The van der Waals surface area contributed by atoms with Crippen molar-refractivity contribution in [2.45, 2.75) is 12.2 Å². The summed E-state index contributed by atoms with van der Waals surface area (Å²) >= 11 is 7.24. The van der Waals surface area contributed by atoms with E-state index in [-0.39, 0.29) is 6.42 Å². The summed E-state index contributed by atoms with van der Waals surface area (Å²) in [4.78, 5) is 14.3. The van der Waals surface area contributed by atoms with Gasteiger partial charge in [0.05, 0.1) is 12.1 Å². The molecule has 0 aliphatic rings. The third kappa shape index (κ3) is 4.48. The van der Waals surface area contributed by atoms with Crippen LogP contribution in [0.15, 0.2) is 18.2 Å². The molecule has 3 nitrogen and oxygen atoms in total. The Morgan fingerprint density at radius 1 is 1.57 bits per heavy atom. The molecule has 0 saturated heterocycles. The van der Waals surface area contributed by atoms with Gasteiger partial charge in [0.15, 0.2) is 0 Å². The lowest BCUT2D eigenvalue weighted by Gasteiger charge is -1.99. The predicted molar refractivity (Wildman–Crippen MR) is 57.7 cm³/mol. The van der Waals surface area contributed by atoms with Crippen LogP contribution in [0.2, 0.25) is 5.15 Å². The van der Waals surface area contributed by atoms with Crippen LogP contribution >= 0.6 is 23.4 Å². The number of thioether (sulfide) groups is 1. The van der Waals surface area contributed by atoms with Gasteiger partial charge in [0.2, 0.25) is 0 Å². The van der Waals surface area contributed by atoms with Gasteiger partial charge in [0, 0.05) is 11.5 Å². The number of pyridine rings is 1. The van der Waals surface area contributed by atoms with E-state index < -0.39 is 5.97 Å². The van der Waals surface area contributed by atoms with Gasteiger partial charge < -0.3 is 5.11 Å². The zero-order chi connectivity index (χ0) is 10.4. The van der Waals surface area contributed by atoms with Gasteiger partial charge >= 0.3 is 5.97 Å². The standard InChI is InChI=1S/C9H10ClNO2S/c10-8-3-1-2-7(11-8)6-14-5-4-9(12)13/h1-3H,4-6H2,(H,12,13). The van der Waals surface area contributed by atoms with E-state index in [9.17, 15) is 4.79 Å². The maximum atomic E-state index is 10.2. The summed E-state index contributed by atoms with van der Waals surface area (Å²) in [6.07, 6.45) is 0.186. The largest absolute Gasteiger partial charge is 0.481 e. The molecule has 0 spiro atoms. The average molecular weight is 232 g/mol.